The average molecular weight is 355 g/mol. The lowest BCUT2D eigenvalue weighted by molar-refractivity contribution is 0.171. The first-order chi connectivity index (χ1) is 9.74. The largest absolute Gasteiger partial charge is 0.486 e. The summed E-state index contributed by atoms with van der Waals surface area (Å²) in [5, 5.41) is 0. The molecular formula is C15H12BrFO2S. The molecule has 104 valence electrons. The molecule has 1 aliphatic heterocycles. The molecule has 3 rings (SSSR count). The number of hydrogen-bond acceptors (Lipinski definition) is 3. The van der Waals surface area contributed by atoms with Crippen molar-refractivity contribution in [1.29, 1.82) is 0 Å². The predicted molar refractivity (Wildman–Crippen MR) is 81.1 cm³/mol. The fraction of sp³-hybridized carbons (Fsp3) is 0.200. The summed E-state index contributed by atoms with van der Waals surface area (Å²) in [6.07, 6.45) is 0. The van der Waals surface area contributed by atoms with E-state index in [-0.39, 0.29) is 5.82 Å². The Bertz CT molecular complexity index is 633. The van der Waals surface area contributed by atoms with Crippen molar-refractivity contribution in [3.63, 3.8) is 0 Å². The summed E-state index contributed by atoms with van der Waals surface area (Å²) in [5.74, 6) is 2.02. The van der Waals surface area contributed by atoms with E-state index >= 15 is 0 Å². The molecule has 2 nitrogen and oxygen atoms in total. The minimum absolute atomic E-state index is 0.231. The second kappa shape index (κ2) is 6.06. The number of ether oxygens (including phenoxy) is 2. The van der Waals surface area contributed by atoms with Gasteiger partial charge < -0.3 is 9.47 Å². The van der Waals surface area contributed by atoms with Gasteiger partial charge in [0, 0.05) is 10.6 Å². The van der Waals surface area contributed by atoms with Crippen molar-refractivity contribution >= 4 is 27.7 Å². The van der Waals surface area contributed by atoms with Gasteiger partial charge in [-0.25, -0.2) is 4.39 Å². The Kier molecular flexibility index (Phi) is 4.17. The standard InChI is InChI=1S/C15H12BrFO2S/c16-15-10(2-1-3-12(15)17)9-20-11-4-5-13-14(8-11)19-7-6-18-13/h1-5,8H,6-7,9H2. The molecule has 0 saturated heterocycles. The van der Waals surface area contributed by atoms with Crippen LogP contribution in [0.2, 0.25) is 0 Å². The number of fused-ring (bicyclic) bond motifs is 1. The molecule has 0 aliphatic carbocycles. The van der Waals surface area contributed by atoms with E-state index in [1.807, 2.05) is 24.3 Å². The highest BCUT2D eigenvalue weighted by Crippen LogP contribution is 2.36. The predicted octanol–water partition coefficient (Wildman–Crippen LogP) is 4.65. The molecule has 2 aromatic carbocycles. The summed E-state index contributed by atoms with van der Waals surface area (Å²) in [6, 6.07) is 11.0. The Morgan fingerprint density at radius 2 is 1.90 bits per heavy atom. The van der Waals surface area contributed by atoms with Gasteiger partial charge in [0.2, 0.25) is 0 Å². The van der Waals surface area contributed by atoms with E-state index in [0.717, 1.165) is 22.0 Å². The van der Waals surface area contributed by atoms with Gasteiger partial charge in [-0.1, -0.05) is 12.1 Å². The molecular weight excluding hydrogens is 343 g/mol. The van der Waals surface area contributed by atoms with Crippen molar-refractivity contribution in [3.05, 3.63) is 52.3 Å². The van der Waals surface area contributed by atoms with Crippen LogP contribution in [0.5, 0.6) is 11.5 Å². The van der Waals surface area contributed by atoms with E-state index in [0.29, 0.717) is 23.4 Å². The summed E-state index contributed by atoms with van der Waals surface area (Å²) >= 11 is 4.92. The Hall–Kier alpha value is -1.20. The van der Waals surface area contributed by atoms with Crippen molar-refractivity contribution in [2.45, 2.75) is 10.6 Å². The highest BCUT2D eigenvalue weighted by Gasteiger charge is 2.12. The van der Waals surface area contributed by atoms with Gasteiger partial charge in [-0.3, -0.25) is 0 Å². The topological polar surface area (TPSA) is 18.5 Å². The van der Waals surface area contributed by atoms with E-state index in [1.54, 1.807) is 17.8 Å². The van der Waals surface area contributed by atoms with Crippen LogP contribution in [0.25, 0.3) is 0 Å². The van der Waals surface area contributed by atoms with Gasteiger partial charge in [0.25, 0.3) is 0 Å². The van der Waals surface area contributed by atoms with Crippen molar-refractivity contribution < 1.29 is 13.9 Å². The van der Waals surface area contributed by atoms with Crippen LogP contribution in [-0.4, -0.2) is 13.2 Å². The third-order valence-electron chi connectivity index (χ3n) is 2.94. The lowest BCUT2D eigenvalue weighted by Crippen LogP contribution is -2.15. The highest BCUT2D eigenvalue weighted by atomic mass is 79.9. The summed E-state index contributed by atoms with van der Waals surface area (Å²) in [4.78, 5) is 1.07. The van der Waals surface area contributed by atoms with E-state index < -0.39 is 0 Å². The SMILES string of the molecule is Fc1cccc(CSc2ccc3c(c2)OCCO3)c1Br. The maximum atomic E-state index is 13.4. The van der Waals surface area contributed by atoms with Gasteiger partial charge in [-0.2, -0.15) is 0 Å². The van der Waals surface area contributed by atoms with Gasteiger partial charge in [0.1, 0.15) is 19.0 Å². The fourth-order valence-corrected chi connectivity index (χ4v) is 3.44. The van der Waals surface area contributed by atoms with E-state index in [2.05, 4.69) is 15.9 Å². The number of rotatable bonds is 3. The molecule has 1 aliphatic rings. The number of thioether (sulfide) groups is 1. The molecule has 0 unspecified atom stereocenters. The number of halogens is 2. The Morgan fingerprint density at radius 1 is 1.10 bits per heavy atom. The summed E-state index contributed by atoms with van der Waals surface area (Å²) in [7, 11) is 0. The monoisotopic (exact) mass is 354 g/mol. The molecule has 2 aromatic rings. The molecule has 0 bridgehead atoms. The molecule has 0 radical (unpaired) electrons. The first kappa shape index (κ1) is 13.8. The minimum Gasteiger partial charge on any atom is -0.486 e. The second-order valence-corrected chi connectivity index (χ2v) is 6.15. The molecule has 0 spiro atoms. The van der Waals surface area contributed by atoms with Crippen LogP contribution in [0.3, 0.4) is 0 Å². The van der Waals surface area contributed by atoms with Crippen LogP contribution in [0.1, 0.15) is 5.56 Å². The van der Waals surface area contributed by atoms with Gasteiger partial charge in [0.05, 0.1) is 4.47 Å². The minimum atomic E-state index is -0.231. The first-order valence-electron chi connectivity index (χ1n) is 6.19. The van der Waals surface area contributed by atoms with Crippen molar-refractivity contribution in [2.24, 2.45) is 0 Å². The number of hydrogen-bond donors (Lipinski definition) is 0. The lowest BCUT2D eigenvalue weighted by Gasteiger charge is -2.18. The fourth-order valence-electron chi connectivity index (χ4n) is 1.93. The average Bonchev–Trinajstić information content (AvgIpc) is 2.48. The van der Waals surface area contributed by atoms with Crippen LogP contribution in [0, 0.1) is 5.82 Å². The molecule has 0 saturated carbocycles. The smallest absolute Gasteiger partial charge is 0.162 e. The molecule has 0 atom stereocenters. The number of benzene rings is 2. The zero-order chi connectivity index (χ0) is 13.9. The summed E-state index contributed by atoms with van der Waals surface area (Å²) in [5.41, 5.74) is 0.935. The Labute approximate surface area is 129 Å². The molecule has 0 N–H and O–H groups in total. The second-order valence-electron chi connectivity index (χ2n) is 4.31. The zero-order valence-corrected chi connectivity index (χ0v) is 13.0. The maximum absolute atomic E-state index is 13.4. The molecule has 0 fully saturated rings. The van der Waals surface area contributed by atoms with Crippen LogP contribution in [0.4, 0.5) is 4.39 Å². The summed E-state index contributed by atoms with van der Waals surface area (Å²) in [6.45, 7) is 1.17. The lowest BCUT2D eigenvalue weighted by atomic mass is 10.2. The van der Waals surface area contributed by atoms with Gasteiger partial charge in [-0.05, 0) is 45.8 Å². The van der Waals surface area contributed by atoms with Crippen molar-refractivity contribution in [1.82, 2.24) is 0 Å². The maximum Gasteiger partial charge on any atom is 0.162 e. The van der Waals surface area contributed by atoms with Crippen molar-refractivity contribution in [2.75, 3.05) is 13.2 Å². The molecule has 0 aromatic heterocycles. The van der Waals surface area contributed by atoms with Crippen molar-refractivity contribution in [3.8, 4) is 11.5 Å². The molecule has 1 heterocycles. The molecule has 20 heavy (non-hydrogen) atoms. The van der Waals surface area contributed by atoms with Crippen LogP contribution in [-0.2, 0) is 5.75 Å². The molecule has 0 amide bonds. The van der Waals surface area contributed by atoms with Gasteiger partial charge >= 0.3 is 0 Å². The van der Waals surface area contributed by atoms with E-state index in [9.17, 15) is 4.39 Å². The third-order valence-corrected chi connectivity index (χ3v) is 4.87. The first-order valence-corrected chi connectivity index (χ1v) is 7.97. The normalized spacial score (nSPS) is 13.3. The quantitative estimate of drug-likeness (QED) is 0.747. The Morgan fingerprint density at radius 3 is 2.75 bits per heavy atom. The van der Waals surface area contributed by atoms with Crippen LogP contribution < -0.4 is 9.47 Å². The Balaban J connectivity index is 1.73. The van der Waals surface area contributed by atoms with Crippen LogP contribution >= 0.6 is 27.7 Å². The third kappa shape index (κ3) is 2.94. The van der Waals surface area contributed by atoms with Gasteiger partial charge in [0.15, 0.2) is 11.5 Å². The van der Waals surface area contributed by atoms with E-state index in [4.69, 9.17) is 9.47 Å². The van der Waals surface area contributed by atoms with Gasteiger partial charge in [-0.15, -0.1) is 11.8 Å². The highest BCUT2D eigenvalue weighted by molar-refractivity contribution is 9.10. The van der Waals surface area contributed by atoms with Crippen LogP contribution in [0.15, 0.2) is 45.8 Å². The van der Waals surface area contributed by atoms with E-state index in [1.165, 1.54) is 6.07 Å². The summed E-state index contributed by atoms with van der Waals surface area (Å²) < 4.78 is 25.0. The molecule has 5 heteroatoms. The zero-order valence-electron chi connectivity index (χ0n) is 10.6.